The molecule has 2 heterocycles. The highest BCUT2D eigenvalue weighted by molar-refractivity contribution is 5.46. The van der Waals surface area contributed by atoms with Gasteiger partial charge in [0.2, 0.25) is 0 Å². The van der Waals surface area contributed by atoms with Crippen LogP contribution in [-0.4, -0.2) is 41.2 Å². The van der Waals surface area contributed by atoms with Gasteiger partial charge in [0, 0.05) is 25.1 Å². The standard InChI is InChI=1S/C21H23F2N5O3/c1-13-26-28(16-6-7-18(19(9-16)30-2)15-10-24-25-11-15)21(29)27(13)12-14-4-3-5-17(8-14)31-20(22)23/h3-9,15,20,24-25H,10-12H2,1-2H3. The van der Waals surface area contributed by atoms with Gasteiger partial charge in [0.15, 0.2) is 0 Å². The third-order valence-corrected chi connectivity index (χ3v) is 5.24. The second-order valence-corrected chi connectivity index (χ2v) is 7.24. The minimum atomic E-state index is -2.91. The Hall–Kier alpha value is -3.24. The van der Waals surface area contributed by atoms with E-state index < -0.39 is 6.61 Å². The summed E-state index contributed by atoms with van der Waals surface area (Å²) in [6, 6.07) is 11.8. The van der Waals surface area contributed by atoms with E-state index in [0.29, 0.717) is 22.8 Å². The lowest BCUT2D eigenvalue weighted by Gasteiger charge is -2.14. The van der Waals surface area contributed by atoms with E-state index >= 15 is 0 Å². The lowest BCUT2D eigenvalue weighted by atomic mass is 9.99. The number of nitrogens with one attached hydrogen (secondary N) is 2. The van der Waals surface area contributed by atoms with Crippen molar-refractivity contribution in [2.75, 3.05) is 20.2 Å². The van der Waals surface area contributed by atoms with Crippen LogP contribution >= 0.6 is 0 Å². The maximum absolute atomic E-state index is 13.0. The summed E-state index contributed by atoms with van der Waals surface area (Å²) in [7, 11) is 1.60. The average molecular weight is 431 g/mol. The summed E-state index contributed by atoms with van der Waals surface area (Å²) in [5.41, 5.74) is 8.14. The number of hydrogen-bond donors (Lipinski definition) is 2. The number of hydrazine groups is 1. The number of aryl methyl sites for hydroxylation is 1. The molecule has 1 aliphatic rings. The molecule has 1 aromatic heterocycles. The number of benzene rings is 2. The van der Waals surface area contributed by atoms with Crippen molar-refractivity contribution in [3.8, 4) is 17.2 Å². The van der Waals surface area contributed by atoms with E-state index in [2.05, 4.69) is 20.7 Å². The van der Waals surface area contributed by atoms with E-state index in [9.17, 15) is 13.6 Å². The maximum atomic E-state index is 13.0. The quantitative estimate of drug-likeness (QED) is 0.597. The van der Waals surface area contributed by atoms with Crippen molar-refractivity contribution in [1.82, 2.24) is 25.2 Å². The van der Waals surface area contributed by atoms with Gasteiger partial charge in [0.25, 0.3) is 0 Å². The van der Waals surface area contributed by atoms with Gasteiger partial charge in [-0.2, -0.15) is 18.6 Å². The van der Waals surface area contributed by atoms with Crippen LogP contribution in [0.25, 0.3) is 5.69 Å². The maximum Gasteiger partial charge on any atom is 0.387 e. The Morgan fingerprint density at radius 3 is 2.68 bits per heavy atom. The van der Waals surface area contributed by atoms with Gasteiger partial charge in [-0.15, -0.1) is 0 Å². The number of halogens is 2. The van der Waals surface area contributed by atoms with Gasteiger partial charge in [-0.1, -0.05) is 18.2 Å². The van der Waals surface area contributed by atoms with Crippen LogP contribution in [0.1, 0.15) is 22.9 Å². The molecule has 10 heteroatoms. The molecular weight excluding hydrogens is 408 g/mol. The van der Waals surface area contributed by atoms with Crippen molar-refractivity contribution in [2.24, 2.45) is 0 Å². The molecule has 8 nitrogen and oxygen atoms in total. The van der Waals surface area contributed by atoms with Crippen molar-refractivity contribution in [2.45, 2.75) is 26.0 Å². The summed E-state index contributed by atoms with van der Waals surface area (Å²) in [5.74, 6) is 1.49. The highest BCUT2D eigenvalue weighted by Crippen LogP contribution is 2.29. The van der Waals surface area contributed by atoms with Crippen LogP contribution in [0, 0.1) is 6.92 Å². The fourth-order valence-electron chi connectivity index (χ4n) is 3.70. The zero-order valence-electron chi connectivity index (χ0n) is 17.1. The molecule has 2 aromatic carbocycles. The Bertz CT molecular complexity index is 1120. The predicted molar refractivity (Wildman–Crippen MR) is 110 cm³/mol. The first kappa shape index (κ1) is 21.0. The van der Waals surface area contributed by atoms with Gasteiger partial charge in [0.05, 0.1) is 19.3 Å². The average Bonchev–Trinajstić information content (AvgIpc) is 3.37. The van der Waals surface area contributed by atoms with Crippen LogP contribution < -0.4 is 26.0 Å². The van der Waals surface area contributed by atoms with E-state index in [1.54, 1.807) is 32.2 Å². The largest absolute Gasteiger partial charge is 0.496 e. The first-order valence-corrected chi connectivity index (χ1v) is 9.80. The van der Waals surface area contributed by atoms with Crippen molar-refractivity contribution in [3.05, 3.63) is 69.9 Å². The molecule has 0 amide bonds. The molecule has 0 spiro atoms. The van der Waals surface area contributed by atoms with E-state index in [-0.39, 0.29) is 23.9 Å². The SMILES string of the molecule is COc1cc(-n2nc(C)n(Cc3cccc(OC(F)F)c3)c2=O)ccc1C1CNNC1. The van der Waals surface area contributed by atoms with E-state index in [1.165, 1.54) is 21.4 Å². The lowest BCUT2D eigenvalue weighted by molar-refractivity contribution is -0.0498. The first-order valence-electron chi connectivity index (χ1n) is 9.80. The lowest BCUT2D eigenvalue weighted by Crippen LogP contribution is -2.24. The highest BCUT2D eigenvalue weighted by Gasteiger charge is 2.21. The van der Waals surface area contributed by atoms with Crippen LogP contribution in [0.15, 0.2) is 47.3 Å². The van der Waals surface area contributed by atoms with Gasteiger partial charge >= 0.3 is 12.3 Å². The number of alkyl halides is 2. The third kappa shape index (κ3) is 4.44. The molecule has 0 bridgehead atoms. The molecule has 1 fully saturated rings. The van der Waals surface area contributed by atoms with Crippen molar-refractivity contribution < 1.29 is 18.3 Å². The van der Waals surface area contributed by atoms with Gasteiger partial charge in [0.1, 0.15) is 17.3 Å². The first-order chi connectivity index (χ1) is 15.0. The number of nitrogens with zero attached hydrogens (tertiary/aromatic N) is 3. The number of hydrogen-bond acceptors (Lipinski definition) is 6. The Balaban J connectivity index is 1.63. The number of rotatable bonds is 7. The van der Waals surface area contributed by atoms with Crippen LogP contribution in [0.3, 0.4) is 0 Å². The van der Waals surface area contributed by atoms with Crippen LogP contribution in [-0.2, 0) is 6.54 Å². The summed E-state index contributed by atoms with van der Waals surface area (Å²) in [6.07, 6.45) is 0. The van der Waals surface area contributed by atoms with E-state index in [0.717, 1.165) is 18.7 Å². The van der Waals surface area contributed by atoms with Crippen LogP contribution in [0.4, 0.5) is 8.78 Å². The predicted octanol–water partition coefficient (Wildman–Crippen LogP) is 2.19. The van der Waals surface area contributed by atoms with Gasteiger partial charge < -0.3 is 9.47 Å². The van der Waals surface area contributed by atoms with Gasteiger partial charge in [-0.05, 0) is 36.2 Å². The summed E-state index contributed by atoms with van der Waals surface area (Å²) in [4.78, 5) is 13.0. The van der Waals surface area contributed by atoms with E-state index in [1.807, 2.05) is 12.1 Å². The van der Waals surface area contributed by atoms with Crippen molar-refractivity contribution in [1.29, 1.82) is 0 Å². The topological polar surface area (TPSA) is 82.3 Å². The molecule has 31 heavy (non-hydrogen) atoms. The summed E-state index contributed by atoms with van der Waals surface area (Å²) >= 11 is 0. The number of methoxy groups -OCH3 is 1. The number of aromatic nitrogens is 3. The molecule has 0 saturated carbocycles. The molecule has 164 valence electrons. The van der Waals surface area contributed by atoms with Crippen molar-refractivity contribution in [3.63, 3.8) is 0 Å². The fourth-order valence-corrected chi connectivity index (χ4v) is 3.70. The molecule has 0 aliphatic carbocycles. The highest BCUT2D eigenvalue weighted by atomic mass is 19.3. The zero-order valence-corrected chi connectivity index (χ0v) is 17.1. The van der Waals surface area contributed by atoms with E-state index in [4.69, 9.17) is 4.74 Å². The van der Waals surface area contributed by atoms with Crippen LogP contribution in [0.5, 0.6) is 11.5 Å². The normalized spacial score (nSPS) is 14.4. The molecule has 0 atom stereocenters. The molecule has 0 radical (unpaired) electrons. The molecule has 4 rings (SSSR count). The second kappa shape index (κ2) is 8.86. The molecule has 3 aromatic rings. The molecule has 1 saturated heterocycles. The Labute approximate surface area is 177 Å². The monoisotopic (exact) mass is 431 g/mol. The van der Waals surface area contributed by atoms with Gasteiger partial charge in [-0.3, -0.25) is 15.4 Å². The van der Waals surface area contributed by atoms with Crippen LogP contribution in [0.2, 0.25) is 0 Å². The fraction of sp³-hybridized carbons (Fsp3) is 0.333. The number of ether oxygens (including phenoxy) is 2. The molecule has 2 N–H and O–H groups in total. The Kier molecular flexibility index (Phi) is 6.01. The third-order valence-electron chi connectivity index (χ3n) is 5.24. The Morgan fingerprint density at radius 2 is 1.97 bits per heavy atom. The summed E-state index contributed by atoms with van der Waals surface area (Å²) in [5, 5.41) is 4.39. The smallest absolute Gasteiger partial charge is 0.387 e. The molecule has 1 aliphatic heterocycles. The molecular formula is C21H23F2N5O3. The second-order valence-electron chi connectivity index (χ2n) is 7.24. The minimum absolute atomic E-state index is 0.0433. The molecule has 0 unspecified atom stereocenters. The minimum Gasteiger partial charge on any atom is -0.496 e. The van der Waals surface area contributed by atoms with Crippen molar-refractivity contribution >= 4 is 0 Å². The van der Waals surface area contributed by atoms with Gasteiger partial charge in [-0.25, -0.2) is 4.79 Å². The summed E-state index contributed by atoms with van der Waals surface area (Å²) in [6.45, 7) is 0.574. The summed E-state index contributed by atoms with van der Waals surface area (Å²) < 4.78 is 37.7. The Morgan fingerprint density at radius 1 is 1.19 bits per heavy atom. The zero-order chi connectivity index (χ0) is 22.0.